The fourth-order valence-corrected chi connectivity index (χ4v) is 4.98. The van der Waals surface area contributed by atoms with E-state index in [1.165, 1.54) is 35.6 Å². The van der Waals surface area contributed by atoms with Gasteiger partial charge >= 0.3 is 5.69 Å². The van der Waals surface area contributed by atoms with E-state index in [0.29, 0.717) is 17.0 Å². The normalized spacial score (nSPS) is 11.9. The minimum atomic E-state index is -3.79. The molecule has 150 valence electrons. The van der Waals surface area contributed by atoms with Gasteiger partial charge in [0, 0.05) is 24.2 Å². The van der Waals surface area contributed by atoms with Crippen LogP contribution in [0.15, 0.2) is 51.0 Å². The standard InChI is InChI=1S/C19H23N3O4S2/c1-12(2)27-18-11-17-16(21(3)19(23)22(17)4)10-15(18)20-28(24,25)14-8-6-13(26-5)7-9-14/h6-12,20H,1-5H3. The molecule has 1 N–H and O–H groups in total. The largest absolute Gasteiger partial charge is 0.497 e. The average molecular weight is 422 g/mol. The van der Waals surface area contributed by atoms with Gasteiger partial charge in [-0.15, -0.1) is 11.8 Å². The molecule has 0 fully saturated rings. The van der Waals surface area contributed by atoms with Crippen LogP contribution in [0.1, 0.15) is 13.8 Å². The number of nitrogens with zero attached hydrogens (tertiary/aromatic N) is 2. The van der Waals surface area contributed by atoms with Gasteiger partial charge in [0.1, 0.15) is 5.75 Å². The first-order chi connectivity index (χ1) is 13.1. The summed E-state index contributed by atoms with van der Waals surface area (Å²) in [7, 11) is 1.10. The number of aromatic nitrogens is 2. The topological polar surface area (TPSA) is 82.3 Å². The molecule has 0 aliphatic heterocycles. The Morgan fingerprint density at radius 1 is 1.04 bits per heavy atom. The number of aryl methyl sites for hydroxylation is 2. The van der Waals surface area contributed by atoms with Crippen molar-refractivity contribution in [3.63, 3.8) is 0 Å². The zero-order valence-corrected chi connectivity index (χ0v) is 18.0. The number of thioether (sulfide) groups is 1. The van der Waals surface area contributed by atoms with Crippen LogP contribution in [-0.2, 0) is 24.1 Å². The Morgan fingerprint density at radius 3 is 2.14 bits per heavy atom. The van der Waals surface area contributed by atoms with Crippen molar-refractivity contribution < 1.29 is 13.2 Å². The smallest absolute Gasteiger partial charge is 0.328 e. The van der Waals surface area contributed by atoms with Crippen molar-refractivity contribution in [2.45, 2.75) is 28.9 Å². The first kappa shape index (κ1) is 20.3. The molecule has 3 rings (SSSR count). The number of nitrogens with one attached hydrogen (secondary N) is 1. The van der Waals surface area contributed by atoms with Gasteiger partial charge < -0.3 is 4.74 Å². The first-order valence-corrected chi connectivity index (χ1v) is 11.0. The van der Waals surface area contributed by atoms with Crippen LogP contribution in [-0.4, -0.2) is 29.9 Å². The van der Waals surface area contributed by atoms with Crippen LogP contribution < -0.4 is 15.1 Å². The molecule has 2 aromatic carbocycles. The Hall–Kier alpha value is -2.39. The molecule has 0 aliphatic carbocycles. The highest BCUT2D eigenvalue weighted by molar-refractivity contribution is 8.00. The van der Waals surface area contributed by atoms with Gasteiger partial charge in [-0.2, -0.15) is 0 Å². The maximum absolute atomic E-state index is 12.9. The summed E-state index contributed by atoms with van der Waals surface area (Å²) in [5.74, 6) is 0.579. The van der Waals surface area contributed by atoms with E-state index in [0.717, 1.165) is 10.4 Å². The number of imidazole rings is 1. The summed E-state index contributed by atoms with van der Waals surface area (Å²) in [5, 5.41) is 0.238. The monoisotopic (exact) mass is 421 g/mol. The summed E-state index contributed by atoms with van der Waals surface area (Å²) in [5.41, 5.74) is 1.70. The van der Waals surface area contributed by atoms with Crippen LogP contribution in [0.2, 0.25) is 0 Å². The van der Waals surface area contributed by atoms with E-state index >= 15 is 0 Å². The van der Waals surface area contributed by atoms with Gasteiger partial charge in [0.2, 0.25) is 0 Å². The summed E-state index contributed by atoms with van der Waals surface area (Å²) >= 11 is 1.53. The fourth-order valence-electron chi connectivity index (χ4n) is 2.92. The quantitative estimate of drug-likeness (QED) is 0.618. The molecule has 0 spiro atoms. The summed E-state index contributed by atoms with van der Waals surface area (Å²) in [4.78, 5) is 13.2. The Labute approximate surface area is 168 Å². The van der Waals surface area contributed by atoms with Crippen LogP contribution in [0.3, 0.4) is 0 Å². The molecule has 0 radical (unpaired) electrons. The molecule has 0 atom stereocenters. The number of anilines is 1. The van der Waals surface area contributed by atoms with Gasteiger partial charge in [-0.05, 0) is 36.4 Å². The van der Waals surface area contributed by atoms with Crippen molar-refractivity contribution in [2.75, 3.05) is 11.8 Å². The number of ether oxygens (including phenoxy) is 1. The van der Waals surface area contributed by atoms with E-state index in [-0.39, 0.29) is 15.8 Å². The second-order valence-corrected chi connectivity index (χ2v) is 9.99. The molecule has 0 bridgehead atoms. The molecular formula is C19H23N3O4S2. The van der Waals surface area contributed by atoms with Crippen molar-refractivity contribution in [1.82, 2.24) is 9.13 Å². The third-order valence-electron chi connectivity index (χ3n) is 4.35. The predicted molar refractivity (Wildman–Crippen MR) is 113 cm³/mol. The lowest BCUT2D eigenvalue weighted by Gasteiger charge is -2.15. The van der Waals surface area contributed by atoms with Crippen LogP contribution in [0.5, 0.6) is 5.75 Å². The van der Waals surface area contributed by atoms with E-state index in [4.69, 9.17) is 4.74 Å². The highest BCUT2D eigenvalue weighted by Crippen LogP contribution is 2.35. The molecule has 3 aromatic rings. The van der Waals surface area contributed by atoms with Gasteiger partial charge in [-0.25, -0.2) is 13.2 Å². The highest BCUT2D eigenvalue weighted by Gasteiger charge is 2.20. The molecule has 7 nitrogen and oxygen atoms in total. The maximum atomic E-state index is 12.9. The molecule has 1 heterocycles. The molecule has 0 saturated carbocycles. The van der Waals surface area contributed by atoms with E-state index < -0.39 is 10.0 Å². The minimum absolute atomic E-state index is 0.135. The average Bonchev–Trinajstić information content (AvgIpc) is 2.85. The van der Waals surface area contributed by atoms with Crippen molar-refractivity contribution in [1.29, 1.82) is 0 Å². The third-order valence-corrected chi connectivity index (χ3v) is 6.79. The molecule has 0 amide bonds. The lowest BCUT2D eigenvalue weighted by Crippen LogP contribution is -2.19. The fraction of sp³-hybridized carbons (Fsp3) is 0.316. The lowest BCUT2D eigenvalue weighted by molar-refractivity contribution is 0.414. The van der Waals surface area contributed by atoms with Crippen molar-refractivity contribution in [3.05, 3.63) is 46.9 Å². The number of sulfonamides is 1. The maximum Gasteiger partial charge on any atom is 0.328 e. The summed E-state index contributed by atoms with van der Waals surface area (Å²) in [6.07, 6.45) is 0. The van der Waals surface area contributed by atoms with Crippen molar-refractivity contribution >= 4 is 38.5 Å². The predicted octanol–water partition coefficient (Wildman–Crippen LogP) is 3.19. The number of methoxy groups -OCH3 is 1. The molecule has 28 heavy (non-hydrogen) atoms. The molecule has 9 heteroatoms. The molecule has 0 saturated heterocycles. The SMILES string of the molecule is COc1ccc(S(=O)(=O)Nc2cc3c(cc2SC(C)C)n(C)c(=O)n3C)cc1. The Bertz CT molecular complexity index is 1180. The van der Waals surface area contributed by atoms with Gasteiger partial charge in [-0.1, -0.05) is 13.8 Å². The molecule has 0 unspecified atom stereocenters. The zero-order valence-electron chi connectivity index (χ0n) is 16.4. The highest BCUT2D eigenvalue weighted by atomic mass is 32.2. The Morgan fingerprint density at radius 2 is 1.61 bits per heavy atom. The zero-order chi connectivity index (χ0) is 20.6. The summed E-state index contributed by atoms with van der Waals surface area (Å²) < 4.78 is 36.6. The van der Waals surface area contributed by atoms with Crippen LogP contribution >= 0.6 is 11.8 Å². The number of benzene rings is 2. The Balaban J connectivity index is 2.11. The number of fused-ring (bicyclic) bond motifs is 1. The number of rotatable bonds is 6. The second-order valence-electron chi connectivity index (χ2n) is 6.69. The number of hydrogen-bond donors (Lipinski definition) is 1. The Kier molecular flexibility index (Phi) is 5.49. The first-order valence-electron chi connectivity index (χ1n) is 8.67. The third kappa shape index (κ3) is 3.77. The second kappa shape index (κ2) is 7.56. The van der Waals surface area contributed by atoms with Gasteiger partial charge in [0.05, 0.1) is 28.7 Å². The van der Waals surface area contributed by atoms with Gasteiger partial charge in [0.25, 0.3) is 10.0 Å². The molecular weight excluding hydrogens is 398 g/mol. The molecule has 1 aromatic heterocycles. The lowest BCUT2D eigenvalue weighted by atomic mass is 10.3. The van der Waals surface area contributed by atoms with E-state index in [9.17, 15) is 13.2 Å². The van der Waals surface area contributed by atoms with Gasteiger partial charge in [0.15, 0.2) is 0 Å². The number of hydrogen-bond acceptors (Lipinski definition) is 5. The van der Waals surface area contributed by atoms with Crippen LogP contribution in [0.25, 0.3) is 11.0 Å². The van der Waals surface area contributed by atoms with E-state index in [1.807, 2.05) is 19.9 Å². The summed E-state index contributed by atoms with van der Waals surface area (Å²) in [6.45, 7) is 4.06. The van der Waals surface area contributed by atoms with E-state index in [1.54, 1.807) is 36.9 Å². The molecule has 0 aliphatic rings. The minimum Gasteiger partial charge on any atom is -0.497 e. The van der Waals surface area contributed by atoms with Crippen LogP contribution in [0, 0.1) is 0 Å². The van der Waals surface area contributed by atoms with E-state index in [2.05, 4.69) is 4.72 Å². The van der Waals surface area contributed by atoms with Crippen LogP contribution in [0.4, 0.5) is 5.69 Å². The van der Waals surface area contributed by atoms with Gasteiger partial charge in [-0.3, -0.25) is 13.9 Å². The van der Waals surface area contributed by atoms with Crippen molar-refractivity contribution in [2.24, 2.45) is 14.1 Å². The summed E-state index contributed by atoms with van der Waals surface area (Å²) in [6, 6.07) is 9.75. The van der Waals surface area contributed by atoms with Crippen molar-refractivity contribution in [3.8, 4) is 5.75 Å².